The molecule has 0 fully saturated rings. The minimum Gasteiger partial charge on any atom is -0.494 e. The molecule has 2 rings (SSSR count). The summed E-state index contributed by atoms with van der Waals surface area (Å²) in [6.07, 6.45) is 0. The van der Waals surface area contributed by atoms with E-state index in [2.05, 4.69) is 5.32 Å². The minimum atomic E-state index is -1.07. The summed E-state index contributed by atoms with van der Waals surface area (Å²) in [5.74, 6) is 1.30. The summed E-state index contributed by atoms with van der Waals surface area (Å²) in [7, 11) is 1.44. The number of rotatable bonds is 6. The number of hydrogen-bond donors (Lipinski definition) is 2. The molecule has 1 aromatic heterocycles. The Morgan fingerprint density at radius 1 is 1.35 bits per heavy atom. The Morgan fingerprint density at radius 3 is 2.57 bits per heavy atom. The first-order valence-electron chi connectivity index (χ1n) is 7.61. The zero-order valence-electron chi connectivity index (χ0n) is 14.2. The first-order valence-corrected chi connectivity index (χ1v) is 7.61. The van der Waals surface area contributed by atoms with Crippen LogP contribution in [-0.4, -0.2) is 18.8 Å². The molecule has 0 aliphatic heterocycles. The van der Waals surface area contributed by atoms with E-state index in [1.165, 1.54) is 13.2 Å². The van der Waals surface area contributed by atoms with Gasteiger partial charge >= 0.3 is 0 Å². The highest BCUT2D eigenvalue weighted by atomic mass is 19.1. The van der Waals surface area contributed by atoms with Crippen LogP contribution in [0.5, 0.6) is 5.75 Å². The van der Waals surface area contributed by atoms with E-state index in [9.17, 15) is 9.50 Å². The summed E-state index contributed by atoms with van der Waals surface area (Å²) in [5, 5.41) is 13.9. The van der Waals surface area contributed by atoms with Crippen LogP contribution < -0.4 is 10.1 Å². The molecule has 2 unspecified atom stereocenters. The molecule has 0 bridgehead atoms. The number of benzene rings is 1. The molecular weight excluding hydrogens is 297 g/mol. The molecule has 0 amide bonds. The number of hydrogen-bond acceptors (Lipinski definition) is 4. The van der Waals surface area contributed by atoms with Gasteiger partial charge in [0.1, 0.15) is 17.1 Å². The standard InChI is InChI=1S/C18H24FNO3/c1-11-8-15(13(3)23-11)18(4,21)10-20-12(2)14-6-7-17(22-5)16(19)9-14/h6-9,12,20-21H,10H2,1-5H3. The van der Waals surface area contributed by atoms with Crippen molar-refractivity contribution in [3.63, 3.8) is 0 Å². The van der Waals surface area contributed by atoms with Crippen LogP contribution in [-0.2, 0) is 5.60 Å². The van der Waals surface area contributed by atoms with E-state index in [-0.39, 0.29) is 11.8 Å². The SMILES string of the molecule is COc1ccc(C(C)NCC(C)(O)c2cc(C)oc2C)cc1F. The molecule has 0 aliphatic rings. The lowest BCUT2D eigenvalue weighted by Crippen LogP contribution is -2.36. The van der Waals surface area contributed by atoms with Crippen LogP contribution in [0, 0.1) is 19.7 Å². The fourth-order valence-electron chi connectivity index (χ4n) is 2.68. The van der Waals surface area contributed by atoms with Crippen molar-refractivity contribution in [2.24, 2.45) is 0 Å². The predicted molar refractivity (Wildman–Crippen MR) is 87.1 cm³/mol. The van der Waals surface area contributed by atoms with Gasteiger partial charge in [0.25, 0.3) is 0 Å². The maximum absolute atomic E-state index is 13.8. The van der Waals surface area contributed by atoms with E-state index in [0.29, 0.717) is 12.3 Å². The molecule has 1 heterocycles. The average Bonchev–Trinajstić information content (AvgIpc) is 2.84. The monoisotopic (exact) mass is 321 g/mol. The predicted octanol–water partition coefficient (Wildman–Crippen LogP) is 3.60. The first-order chi connectivity index (χ1) is 10.7. The number of halogens is 1. The summed E-state index contributed by atoms with van der Waals surface area (Å²) >= 11 is 0. The van der Waals surface area contributed by atoms with Crippen molar-refractivity contribution >= 4 is 0 Å². The van der Waals surface area contributed by atoms with Crippen molar-refractivity contribution in [3.8, 4) is 5.75 Å². The lowest BCUT2D eigenvalue weighted by molar-refractivity contribution is 0.0529. The van der Waals surface area contributed by atoms with Crippen LogP contribution in [0.15, 0.2) is 28.7 Å². The van der Waals surface area contributed by atoms with Gasteiger partial charge in [-0.2, -0.15) is 0 Å². The van der Waals surface area contributed by atoms with Gasteiger partial charge in [-0.1, -0.05) is 6.07 Å². The summed E-state index contributed by atoms with van der Waals surface area (Å²) in [6, 6.07) is 6.58. The molecule has 0 aliphatic carbocycles. The summed E-state index contributed by atoms with van der Waals surface area (Å²) < 4.78 is 24.2. The second-order valence-electron chi connectivity index (χ2n) is 6.10. The lowest BCUT2D eigenvalue weighted by Gasteiger charge is -2.26. The van der Waals surface area contributed by atoms with Crippen LogP contribution in [0.1, 0.15) is 42.5 Å². The molecule has 1 aromatic carbocycles. The molecule has 126 valence electrons. The Balaban J connectivity index is 2.07. The summed E-state index contributed by atoms with van der Waals surface area (Å²) in [4.78, 5) is 0. The molecule has 0 saturated carbocycles. The van der Waals surface area contributed by atoms with E-state index >= 15 is 0 Å². The van der Waals surface area contributed by atoms with E-state index in [4.69, 9.17) is 9.15 Å². The first kappa shape index (κ1) is 17.5. The molecule has 2 atom stereocenters. The second-order valence-corrected chi connectivity index (χ2v) is 6.10. The number of aliphatic hydroxyl groups is 1. The maximum atomic E-state index is 13.8. The Morgan fingerprint density at radius 2 is 2.04 bits per heavy atom. The van der Waals surface area contributed by atoms with Gasteiger partial charge in [0.05, 0.1) is 7.11 Å². The third-order valence-corrected chi connectivity index (χ3v) is 4.05. The van der Waals surface area contributed by atoms with Crippen molar-refractivity contribution in [2.75, 3.05) is 13.7 Å². The molecule has 0 saturated heterocycles. The summed E-state index contributed by atoms with van der Waals surface area (Å²) in [6.45, 7) is 7.66. The van der Waals surface area contributed by atoms with Crippen molar-refractivity contribution < 1.29 is 18.7 Å². The van der Waals surface area contributed by atoms with Gasteiger partial charge in [0.15, 0.2) is 11.6 Å². The fraction of sp³-hybridized carbons (Fsp3) is 0.444. The van der Waals surface area contributed by atoms with Crippen molar-refractivity contribution in [2.45, 2.75) is 39.3 Å². The second kappa shape index (κ2) is 6.72. The topological polar surface area (TPSA) is 54.6 Å². The van der Waals surface area contributed by atoms with Crippen LogP contribution in [0.3, 0.4) is 0 Å². The van der Waals surface area contributed by atoms with Gasteiger partial charge in [-0.15, -0.1) is 0 Å². The fourth-order valence-corrected chi connectivity index (χ4v) is 2.68. The number of ether oxygens (including phenoxy) is 1. The Hall–Kier alpha value is -1.85. The third kappa shape index (κ3) is 3.92. The van der Waals surface area contributed by atoms with Gasteiger partial charge in [-0.3, -0.25) is 0 Å². The molecule has 0 radical (unpaired) electrons. The van der Waals surface area contributed by atoms with E-state index < -0.39 is 11.4 Å². The number of nitrogens with one attached hydrogen (secondary N) is 1. The largest absolute Gasteiger partial charge is 0.494 e. The highest BCUT2D eigenvalue weighted by Gasteiger charge is 2.28. The summed E-state index contributed by atoms with van der Waals surface area (Å²) in [5.41, 5.74) is 0.482. The molecule has 5 heteroatoms. The van der Waals surface area contributed by atoms with Crippen molar-refractivity contribution in [1.29, 1.82) is 0 Å². The average molecular weight is 321 g/mol. The van der Waals surface area contributed by atoms with Gasteiger partial charge < -0.3 is 19.6 Å². The number of methoxy groups -OCH3 is 1. The van der Waals surface area contributed by atoms with Gasteiger partial charge in [-0.05, 0) is 51.5 Å². The maximum Gasteiger partial charge on any atom is 0.165 e. The third-order valence-electron chi connectivity index (χ3n) is 4.05. The Bertz CT molecular complexity index is 679. The molecule has 4 nitrogen and oxygen atoms in total. The van der Waals surface area contributed by atoms with Gasteiger partial charge in [-0.25, -0.2) is 4.39 Å². The smallest absolute Gasteiger partial charge is 0.165 e. The number of furan rings is 1. The minimum absolute atomic E-state index is 0.116. The van der Waals surface area contributed by atoms with Crippen LogP contribution in [0.4, 0.5) is 4.39 Å². The molecule has 23 heavy (non-hydrogen) atoms. The van der Waals surface area contributed by atoms with Crippen LogP contribution in [0.2, 0.25) is 0 Å². The van der Waals surface area contributed by atoms with E-state index in [1.807, 2.05) is 32.9 Å². The van der Waals surface area contributed by atoms with E-state index in [1.54, 1.807) is 13.0 Å². The lowest BCUT2D eigenvalue weighted by atomic mass is 9.95. The van der Waals surface area contributed by atoms with Crippen molar-refractivity contribution in [1.82, 2.24) is 5.32 Å². The zero-order chi connectivity index (χ0) is 17.2. The quantitative estimate of drug-likeness (QED) is 0.853. The van der Waals surface area contributed by atoms with Crippen LogP contribution in [0.25, 0.3) is 0 Å². The Labute approximate surface area is 136 Å². The van der Waals surface area contributed by atoms with Gasteiger partial charge in [0, 0.05) is 18.2 Å². The number of aryl methyl sites for hydroxylation is 2. The normalized spacial score (nSPS) is 15.3. The molecule has 2 N–H and O–H groups in total. The molecule has 0 spiro atoms. The zero-order valence-corrected chi connectivity index (χ0v) is 14.2. The highest BCUT2D eigenvalue weighted by molar-refractivity contribution is 5.31. The van der Waals surface area contributed by atoms with E-state index in [0.717, 1.165) is 16.9 Å². The van der Waals surface area contributed by atoms with Crippen LogP contribution >= 0.6 is 0 Å². The Kier molecular flexibility index (Phi) is 5.12. The van der Waals surface area contributed by atoms with Crippen molar-refractivity contribution in [3.05, 3.63) is 52.7 Å². The molecule has 2 aromatic rings. The molecular formula is C18H24FNO3. The van der Waals surface area contributed by atoms with Gasteiger partial charge in [0.2, 0.25) is 0 Å². The highest BCUT2D eigenvalue weighted by Crippen LogP contribution is 2.28.